The second kappa shape index (κ2) is 13.1. The molecule has 37 heavy (non-hydrogen) atoms. The molecule has 0 aliphatic carbocycles. The summed E-state index contributed by atoms with van der Waals surface area (Å²) in [5, 5.41) is 6.87. The number of amides is 2. The van der Waals surface area contributed by atoms with Gasteiger partial charge >= 0.3 is 5.97 Å². The van der Waals surface area contributed by atoms with Crippen LogP contribution in [0.1, 0.15) is 26.3 Å². The number of hydrazone groups is 1. The smallest absolute Gasteiger partial charge is 0.343 e. The quantitative estimate of drug-likeness (QED) is 0.155. The molecule has 0 radical (unpaired) electrons. The van der Waals surface area contributed by atoms with Crippen LogP contribution in [-0.4, -0.2) is 44.8 Å². The van der Waals surface area contributed by atoms with E-state index in [4.69, 9.17) is 37.4 Å². The van der Waals surface area contributed by atoms with Crippen molar-refractivity contribution < 1.29 is 28.6 Å². The van der Waals surface area contributed by atoms with Gasteiger partial charge in [-0.25, -0.2) is 10.2 Å². The molecule has 0 heterocycles. The number of carbonyl (C=O) groups is 3. The Balaban J connectivity index is 1.62. The van der Waals surface area contributed by atoms with Crippen LogP contribution in [0.25, 0.3) is 0 Å². The Morgan fingerprint density at radius 3 is 2.30 bits per heavy atom. The summed E-state index contributed by atoms with van der Waals surface area (Å²) in [4.78, 5) is 37.0. The average Bonchev–Trinajstić information content (AvgIpc) is 2.89. The Morgan fingerprint density at radius 2 is 1.59 bits per heavy atom. The average molecular weight is 609 g/mol. The van der Waals surface area contributed by atoms with Crippen LogP contribution >= 0.6 is 39.1 Å². The lowest BCUT2D eigenvalue weighted by molar-refractivity contribution is -0.120. The molecule has 0 atom stereocenters. The van der Waals surface area contributed by atoms with Gasteiger partial charge in [-0.1, -0.05) is 39.1 Å². The predicted octanol–water partition coefficient (Wildman–Crippen LogP) is 4.87. The van der Waals surface area contributed by atoms with Gasteiger partial charge < -0.3 is 19.5 Å². The van der Waals surface area contributed by atoms with E-state index in [1.54, 1.807) is 30.3 Å². The summed E-state index contributed by atoms with van der Waals surface area (Å²) < 4.78 is 16.6. The van der Waals surface area contributed by atoms with Gasteiger partial charge in [-0.3, -0.25) is 9.59 Å². The van der Waals surface area contributed by atoms with E-state index in [1.807, 2.05) is 0 Å². The van der Waals surface area contributed by atoms with Crippen LogP contribution in [0, 0.1) is 0 Å². The molecule has 2 N–H and O–H groups in total. The van der Waals surface area contributed by atoms with E-state index < -0.39 is 17.8 Å². The monoisotopic (exact) mass is 607 g/mol. The first-order valence-electron chi connectivity index (χ1n) is 10.5. The summed E-state index contributed by atoms with van der Waals surface area (Å²) in [6, 6.07) is 13.9. The first-order chi connectivity index (χ1) is 17.7. The van der Waals surface area contributed by atoms with Gasteiger partial charge in [0.2, 0.25) is 0 Å². The highest BCUT2D eigenvalue weighted by atomic mass is 79.9. The normalized spacial score (nSPS) is 10.6. The van der Waals surface area contributed by atoms with E-state index in [0.29, 0.717) is 26.6 Å². The van der Waals surface area contributed by atoms with E-state index in [1.165, 1.54) is 44.7 Å². The molecule has 0 aromatic heterocycles. The second-order valence-electron chi connectivity index (χ2n) is 7.25. The molecule has 12 heteroatoms. The fraction of sp³-hybridized carbons (Fsp3) is 0.120. The second-order valence-corrected chi connectivity index (χ2v) is 8.98. The molecule has 0 bridgehead atoms. The van der Waals surface area contributed by atoms with Crippen molar-refractivity contribution in [3.63, 3.8) is 0 Å². The van der Waals surface area contributed by atoms with Gasteiger partial charge in [0.1, 0.15) is 5.75 Å². The van der Waals surface area contributed by atoms with Crippen molar-refractivity contribution in [2.24, 2.45) is 5.10 Å². The zero-order chi connectivity index (χ0) is 26.9. The van der Waals surface area contributed by atoms with Crippen molar-refractivity contribution >= 4 is 63.1 Å². The number of hydrogen-bond acceptors (Lipinski definition) is 7. The van der Waals surface area contributed by atoms with Gasteiger partial charge in [-0.15, -0.1) is 0 Å². The van der Waals surface area contributed by atoms with Crippen LogP contribution in [0.2, 0.25) is 10.0 Å². The van der Waals surface area contributed by atoms with E-state index in [0.717, 1.165) is 0 Å². The highest BCUT2D eigenvalue weighted by Gasteiger charge is 2.15. The highest BCUT2D eigenvalue weighted by molar-refractivity contribution is 9.10. The first-order valence-corrected chi connectivity index (χ1v) is 12.1. The molecule has 0 aliphatic heterocycles. The molecule has 192 valence electrons. The topological polar surface area (TPSA) is 115 Å². The maximum Gasteiger partial charge on any atom is 0.343 e. The van der Waals surface area contributed by atoms with Crippen LogP contribution in [-0.2, 0) is 4.79 Å². The fourth-order valence-electron chi connectivity index (χ4n) is 2.95. The minimum Gasteiger partial charge on any atom is -0.493 e. The Bertz CT molecular complexity index is 1370. The molecule has 9 nitrogen and oxygen atoms in total. The third kappa shape index (κ3) is 7.69. The van der Waals surface area contributed by atoms with Crippen LogP contribution in [0.3, 0.4) is 0 Å². The molecule has 0 saturated carbocycles. The Labute approximate surface area is 230 Å². The van der Waals surface area contributed by atoms with Gasteiger partial charge in [0.05, 0.1) is 42.6 Å². The summed E-state index contributed by atoms with van der Waals surface area (Å²) in [5.74, 6) is -0.665. The highest BCUT2D eigenvalue weighted by Crippen LogP contribution is 2.29. The summed E-state index contributed by atoms with van der Waals surface area (Å²) in [6.45, 7) is -0.337. The number of nitrogens with zero attached hydrogens (tertiary/aromatic N) is 1. The molecule has 0 spiro atoms. The van der Waals surface area contributed by atoms with Gasteiger partial charge in [0, 0.05) is 15.6 Å². The van der Waals surface area contributed by atoms with Crippen molar-refractivity contribution in [3.8, 4) is 17.2 Å². The number of rotatable bonds is 9. The molecule has 3 aromatic rings. The molecular weight excluding hydrogens is 589 g/mol. The van der Waals surface area contributed by atoms with Crippen LogP contribution < -0.4 is 25.0 Å². The number of ether oxygens (including phenoxy) is 3. The lowest BCUT2D eigenvalue weighted by Gasteiger charge is -2.11. The van der Waals surface area contributed by atoms with Gasteiger partial charge in [0.15, 0.2) is 11.5 Å². The van der Waals surface area contributed by atoms with E-state index in [-0.39, 0.29) is 28.4 Å². The van der Waals surface area contributed by atoms with E-state index >= 15 is 0 Å². The summed E-state index contributed by atoms with van der Waals surface area (Å²) in [5.41, 5.74) is 3.20. The summed E-state index contributed by atoms with van der Waals surface area (Å²) >= 11 is 15.1. The van der Waals surface area contributed by atoms with Crippen molar-refractivity contribution in [2.75, 3.05) is 20.8 Å². The number of halogens is 3. The third-order valence-corrected chi connectivity index (χ3v) is 6.01. The molecule has 2 amide bonds. The zero-order valence-electron chi connectivity index (χ0n) is 19.5. The van der Waals surface area contributed by atoms with Crippen molar-refractivity contribution in [2.45, 2.75) is 0 Å². The maximum atomic E-state index is 12.7. The Hall–Kier alpha value is -3.60. The number of nitrogens with one attached hydrogen (secondary N) is 2. The Kier molecular flexibility index (Phi) is 9.90. The Morgan fingerprint density at radius 1 is 0.892 bits per heavy atom. The van der Waals surface area contributed by atoms with Crippen molar-refractivity contribution in [1.29, 1.82) is 0 Å². The maximum absolute atomic E-state index is 12.7. The summed E-state index contributed by atoms with van der Waals surface area (Å²) in [7, 11) is 2.95. The van der Waals surface area contributed by atoms with Gasteiger partial charge in [-0.2, -0.15) is 5.10 Å². The van der Waals surface area contributed by atoms with Gasteiger partial charge in [0.25, 0.3) is 11.8 Å². The molecular formula is C25H20BrCl2N3O6. The van der Waals surface area contributed by atoms with Crippen LogP contribution in [0.5, 0.6) is 17.2 Å². The van der Waals surface area contributed by atoms with Crippen LogP contribution in [0.4, 0.5) is 0 Å². The standard InChI is InChI=1S/C25H20BrCl2N3O6/c1-35-21-7-4-15(11-22(21)36-2)25(34)37-20-8-5-17(26)9-16(20)12-30-31-23(32)13-29-24(33)14-3-6-18(27)19(28)10-14/h3-12H,13H2,1-2H3,(H,29,33)(H,31,32)/b30-12+. The molecule has 3 aromatic carbocycles. The number of methoxy groups -OCH3 is 2. The van der Waals surface area contributed by atoms with Crippen molar-refractivity contribution in [1.82, 2.24) is 10.7 Å². The molecule has 0 aliphatic rings. The van der Waals surface area contributed by atoms with E-state index in [2.05, 4.69) is 31.8 Å². The largest absolute Gasteiger partial charge is 0.493 e. The number of esters is 1. The molecule has 0 fully saturated rings. The molecule has 0 unspecified atom stereocenters. The van der Waals surface area contributed by atoms with E-state index in [9.17, 15) is 14.4 Å². The lowest BCUT2D eigenvalue weighted by Crippen LogP contribution is -2.34. The van der Waals surface area contributed by atoms with Crippen molar-refractivity contribution in [3.05, 3.63) is 85.8 Å². The first kappa shape index (κ1) is 28.0. The SMILES string of the molecule is COc1ccc(C(=O)Oc2ccc(Br)cc2/C=N/NC(=O)CNC(=O)c2ccc(Cl)c(Cl)c2)cc1OC. The molecule has 3 rings (SSSR count). The summed E-state index contributed by atoms with van der Waals surface area (Å²) in [6.07, 6.45) is 1.31. The minimum absolute atomic E-state index is 0.203. The molecule has 0 saturated heterocycles. The lowest BCUT2D eigenvalue weighted by atomic mass is 10.2. The number of benzene rings is 3. The van der Waals surface area contributed by atoms with Gasteiger partial charge in [-0.05, 0) is 54.6 Å². The number of hydrogen-bond donors (Lipinski definition) is 2. The fourth-order valence-corrected chi connectivity index (χ4v) is 3.63. The van der Waals surface area contributed by atoms with Crippen LogP contribution in [0.15, 0.2) is 64.2 Å². The minimum atomic E-state index is -0.632. The predicted molar refractivity (Wildman–Crippen MR) is 143 cm³/mol. The number of carbonyl (C=O) groups excluding carboxylic acids is 3. The zero-order valence-corrected chi connectivity index (χ0v) is 22.6. The third-order valence-electron chi connectivity index (χ3n) is 4.78.